The van der Waals surface area contributed by atoms with Crippen molar-refractivity contribution < 1.29 is 0 Å². The number of rotatable bonds is 0. The van der Waals surface area contributed by atoms with Crippen LogP contribution in [0, 0.1) is 0 Å². The Bertz CT molecular complexity index is 839. The Hall–Kier alpha value is -1.82. The molecule has 22 heavy (non-hydrogen) atoms. The summed E-state index contributed by atoms with van der Waals surface area (Å²) in [5, 5.41) is 5.53. The van der Waals surface area contributed by atoms with Crippen LogP contribution in [0.15, 0.2) is 48.5 Å². The average Bonchev–Trinajstić information content (AvgIpc) is 2.41. The maximum Gasteiger partial charge on any atom is -0.0120 e. The van der Waals surface area contributed by atoms with E-state index in [2.05, 4.69) is 90.1 Å². The number of fused-ring (bicyclic) bond motifs is 2. The van der Waals surface area contributed by atoms with Gasteiger partial charge in [0.2, 0.25) is 0 Å². The highest BCUT2D eigenvalue weighted by molar-refractivity contribution is 6.04. The number of hydrogen-bond acceptors (Lipinski definition) is 0. The minimum absolute atomic E-state index is 0.121. The Balaban J connectivity index is 2.57. The molecule has 0 saturated carbocycles. The molecule has 0 unspecified atom stereocenters. The number of hydrogen-bond donors (Lipinski definition) is 0. The summed E-state index contributed by atoms with van der Waals surface area (Å²) in [7, 11) is 0. The second kappa shape index (κ2) is 4.84. The van der Waals surface area contributed by atoms with E-state index in [1.165, 1.54) is 32.7 Å². The fourth-order valence-electron chi connectivity index (χ4n) is 3.55. The molecule has 3 aromatic rings. The Morgan fingerprint density at radius 1 is 0.591 bits per heavy atom. The van der Waals surface area contributed by atoms with Crippen molar-refractivity contribution in [2.24, 2.45) is 0 Å². The number of benzene rings is 3. The Morgan fingerprint density at radius 3 is 1.86 bits per heavy atom. The monoisotopic (exact) mass is 290 g/mol. The van der Waals surface area contributed by atoms with E-state index in [9.17, 15) is 0 Å². The van der Waals surface area contributed by atoms with Gasteiger partial charge in [-0.3, -0.25) is 0 Å². The third-order valence-electron chi connectivity index (χ3n) is 4.46. The van der Waals surface area contributed by atoms with Crippen LogP contribution in [-0.4, -0.2) is 0 Å². The smallest absolute Gasteiger partial charge is 0.0120 e. The van der Waals surface area contributed by atoms with Crippen molar-refractivity contribution in [1.29, 1.82) is 0 Å². The van der Waals surface area contributed by atoms with E-state index >= 15 is 0 Å². The molecule has 0 fully saturated rings. The maximum absolute atomic E-state index is 2.38. The molecule has 0 aromatic heterocycles. The molecule has 0 heterocycles. The lowest BCUT2D eigenvalue weighted by Crippen LogP contribution is -2.15. The Labute approximate surface area is 134 Å². The summed E-state index contributed by atoms with van der Waals surface area (Å²) in [6.45, 7) is 13.9. The fourth-order valence-corrected chi connectivity index (χ4v) is 3.55. The van der Waals surface area contributed by atoms with Crippen LogP contribution in [0.1, 0.15) is 52.7 Å². The molecular weight excluding hydrogens is 264 g/mol. The van der Waals surface area contributed by atoms with Crippen LogP contribution >= 0.6 is 0 Å². The Morgan fingerprint density at radius 2 is 1.23 bits per heavy atom. The zero-order valence-electron chi connectivity index (χ0n) is 14.6. The SMILES string of the molecule is CC(C)(C)c1cccc2c(C(C)(C)C)c3ccccc3cc12. The van der Waals surface area contributed by atoms with Crippen molar-refractivity contribution >= 4 is 21.5 Å². The lowest BCUT2D eigenvalue weighted by atomic mass is 9.77. The molecule has 0 N–H and O–H groups in total. The molecule has 114 valence electrons. The molecule has 0 spiro atoms. The third-order valence-corrected chi connectivity index (χ3v) is 4.46. The summed E-state index contributed by atoms with van der Waals surface area (Å²) in [5.74, 6) is 0. The summed E-state index contributed by atoms with van der Waals surface area (Å²) in [6.07, 6.45) is 0. The highest BCUT2D eigenvalue weighted by Crippen LogP contribution is 2.40. The first-order valence-corrected chi connectivity index (χ1v) is 8.15. The molecule has 0 aliphatic rings. The fraction of sp³-hybridized carbons (Fsp3) is 0.364. The molecule has 0 aliphatic heterocycles. The zero-order valence-corrected chi connectivity index (χ0v) is 14.6. The molecule has 0 saturated heterocycles. The van der Waals surface area contributed by atoms with Crippen molar-refractivity contribution in [3.8, 4) is 0 Å². The Kier molecular flexibility index (Phi) is 3.32. The molecule has 0 aliphatic carbocycles. The van der Waals surface area contributed by atoms with Crippen molar-refractivity contribution in [3.05, 3.63) is 59.7 Å². The third kappa shape index (κ3) is 2.41. The van der Waals surface area contributed by atoms with Gasteiger partial charge in [0.15, 0.2) is 0 Å². The quantitative estimate of drug-likeness (QED) is 0.410. The molecular formula is C22H26. The molecule has 0 bridgehead atoms. The predicted molar refractivity (Wildman–Crippen MR) is 98.9 cm³/mol. The lowest BCUT2D eigenvalue weighted by Gasteiger charge is -2.27. The molecule has 0 atom stereocenters. The minimum atomic E-state index is 0.121. The lowest BCUT2D eigenvalue weighted by molar-refractivity contribution is 0.593. The molecule has 0 heteroatoms. The summed E-state index contributed by atoms with van der Waals surface area (Å²) < 4.78 is 0. The first kappa shape index (κ1) is 15.1. The van der Waals surface area contributed by atoms with Gasteiger partial charge in [-0.1, -0.05) is 84.0 Å². The summed E-state index contributed by atoms with van der Waals surface area (Å²) >= 11 is 0. The van der Waals surface area contributed by atoms with Crippen molar-refractivity contribution in [2.45, 2.75) is 52.4 Å². The highest BCUT2D eigenvalue weighted by atomic mass is 14.3. The topological polar surface area (TPSA) is 0 Å². The summed E-state index contributed by atoms with van der Waals surface area (Å²) in [6, 6.07) is 18.0. The normalized spacial score (nSPS) is 13.0. The van der Waals surface area contributed by atoms with E-state index in [-0.39, 0.29) is 10.8 Å². The molecule has 0 radical (unpaired) electrons. The second-order valence-corrected chi connectivity index (χ2v) is 8.37. The van der Waals surface area contributed by atoms with Gasteiger partial charge in [-0.25, -0.2) is 0 Å². The van der Waals surface area contributed by atoms with Gasteiger partial charge in [-0.2, -0.15) is 0 Å². The zero-order chi connectivity index (χ0) is 16.1. The van der Waals surface area contributed by atoms with Gasteiger partial charge >= 0.3 is 0 Å². The van der Waals surface area contributed by atoms with E-state index < -0.39 is 0 Å². The summed E-state index contributed by atoms with van der Waals surface area (Å²) in [5.41, 5.74) is 3.17. The van der Waals surface area contributed by atoms with E-state index in [1.54, 1.807) is 0 Å². The van der Waals surface area contributed by atoms with Gasteiger partial charge in [0.25, 0.3) is 0 Å². The molecule has 0 amide bonds. The van der Waals surface area contributed by atoms with Gasteiger partial charge in [0.1, 0.15) is 0 Å². The van der Waals surface area contributed by atoms with Crippen molar-refractivity contribution in [3.63, 3.8) is 0 Å². The van der Waals surface area contributed by atoms with Gasteiger partial charge in [0.05, 0.1) is 0 Å². The molecule has 0 nitrogen and oxygen atoms in total. The van der Waals surface area contributed by atoms with E-state index in [0.717, 1.165) is 0 Å². The van der Waals surface area contributed by atoms with Crippen LogP contribution in [0.2, 0.25) is 0 Å². The van der Waals surface area contributed by atoms with Crippen molar-refractivity contribution in [1.82, 2.24) is 0 Å². The first-order valence-electron chi connectivity index (χ1n) is 8.15. The van der Waals surface area contributed by atoms with Gasteiger partial charge < -0.3 is 0 Å². The largest absolute Gasteiger partial charge is 0.0616 e. The predicted octanol–water partition coefficient (Wildman–Crippen LogP) is 6.59. The van der Waals surface area contributed by atoms with Gasteiger partial charge in [-0.15, -0.1) is 0 Å². The maximum atomic E-state index is 2.38. The molecule has 3 aromatic carbocycles. The van der Waals surface area contributed by atoms with E-state index in [0.29, 0.717) is 0 Å². The standard InChI is InChI=1S/C22H26/c1-21(2,3)19-13-9-12-17-18(19)14-15-10-7-8-11-16(15)20(17)22(4,5)6/h7-14H,1-6H3. The van der Waals surface area contributed by atoms with Gasteiger partial charge in [-0.05, 0) is 49.6 Å². The summed E-state index contributed by atoms with van der Waals surface area (Å²) in [4.78, 5) is 0. The minimum Gasteiger partial charge on any atom is -0.0616 e. The van der Waals surface area contributed by atoms with E-state index in [1.807, 2.05) is 0 Å². The van der Waals surface area contributed by atoms with Crippen LogP contribution in [0.4, 0.5) is 0 Å². The van der Waals surface area contributed by atoms with Crippen LogP contribution in [-0.2, 0) is 10.8 Å². The second-order valence-electron chi connectivity index (χ2n) is 8.37. The van der Waals surface area contributed by atoms with Crippen LogP contribution in [0.5, 0.6) is 0 Å². The van der Waals surface area contributed by atoms with Crippen LogP contribution in [0.3, 0.4) is 0 Å². The van der Waals surface area contributed by atoms with Gasteiger partial charge in [0, 0.05) is 0 Å². The molecule has 3 rings (SSSR count). The van der Waals surface area contributed by atoms with Crippen molar-refractivity contribution in [2.75, 3.05) is 0 Å². The van der Waals surface area contributed by atoms with Crippen LogP contribution < -0.4 is 0 Å². The first-order chi connectivity index (χ1) is 10.2. The van der Waals surface area contributed by atoms with Crippen LogP contribution in [0.25, 0.3) is 21.5 Å². The van der Waals surface area contributed by atoms with E-state index in [4.69, 9.17) is 0 Å². The average molecular weight is 290 g/mol. The highest BCUT2D eigenvalue weighted by Gasteiger charge is 2.23.